The number of amides is 1. The summed E-state index contributed by atoms with van der Waals surface area (Å²) >= 11 is 1.75. The van der Waals surface area contributed by atoms with Crippen molar-refractivity contribution in [2.75, 3.05) is 26.7 Å². The van der Waals surface area contributed by atoms with Gasteiger partial charge in [-0.3, -0.25) is 9.69 Å². The predicted molar refractivity (Wildman–Crippen MR) is 89.3 cm³/mol. The fraction of sp³-hybridized carbons (Fsp3) is 0.750. The van der Waals surface area contributed by atoms with Gasteiger partial charge >= 0.3 is 0 Å². The van der Waals surface area contributed by atoms with Gasteiger partial charge in [-0.2, -0.15) is 0 Å². The van der Waals surface area contributed by atoms with Crippen molar-refractivity contribution in [3.05, 3.63) is 15.6 Å². The maximum absolute atomic E-state index is 12.1. The fourth-order valence-corrected chi connectivity index (χ4v) is 3.78. The van der Waals surface area contributed by atoms with Gasteiger partial charge in [0.15, 0.2) is 0 Å². The lowest BCUT2D eigenvalue weighted by Crippen LogP contribution is -2.39. The van der Waals surface area contributed by atoms with E-state index in [9.17, 15) is 4.79 Å². The van der Waals surface area contributed by atoms with Gasteiger partial charge in [-0.25, -0.2) is 4.98 Å². The van der Waals surface area contributed by atoms with Crippen LogP contribution in [0.3, 0.4) is 0 Å². The second-order valence-electron chi connectivity index (χ2n) is 5.94. The summed E-state index contributed by atoms with van der Waals surface area (Å²) in [6.07, 6.45) is 3.31. The number of carbonyl (C=O) groups excluding carboxylic acids is 1. The van der Waals surface area contributed by atoms with E-state index in [0.717, 1.165) is 36.6 Å². The Labute approximate surface area is 137 Å². The Morgan fingerprint density at radius 3 is 2.95 bits per heavy atom. The number of ether oxygens (including phenoxy) is 1. The van der Waals surface area contributed by atoms with Crippen LogP contribution in [0.4, 0.5) is 0 Å². The standard InChI is InChI=1S/C16H27N3O2S/c1-5-15-18-11(2)16(22-15)12(3)19(4)10-14(20)17-9-13-7-6-8-21-13/h12-13H,5-10H2,1-4H3,(H,17,20)/t12-,13+/m0/s1. The van der Waals surface area contributed by atoms with Crippen molar-refractivity contribution in [3.8, 4) is 0 Å². The number of nitrogens with one attached hydrogen (secondary N) is 1. The first-order valence-electron chi connectivity index (χ1n) is 8.06. The third-order valence-electron chi connectivity index (χ3n) is 4.16. The Bertz CT molecular complexity index is 498. The molecule has 0 aromatic carbocycles. The highest BCUT2D eigenvalue weighted by Crippen LogP contribution is 2.28. The molecule has 0 aliphatic carbocycles. The van der Waals surface area contributed by atoms with Crippen LogP contribution in [-0.2, 0) is 16.0 Å². The smallest absolute Gasteiger partial charge is 0.234 e. The minimum Gasteiger partial charge on any atom is -0.376 e. The van der Waals surface area contributed by atoms with Crippen LogP contribution in [0.5, 0.6) is 0 Å². The molecule has 0 spiro atoms. The molecule has 1 aliphatic heterocycles. The van der Waals surface area contributed by atoms with Crippen molar-refractivity contribution in [2.45, 2.75) is 52.2 Å². The van der Waals surface area contributed by atoms with Gasteiger partial charge in [-0.15, -0.1) is 11.3 Å². The maximum atomic E-state index is 12.1. The number of nitrogens with zero attached hydrogens (tertiary/aromatic N) is 2. The normalized spacial score (nSPS) is 19.6. The van der Waals surface area contributed by atoms with E-state index in [0.29, 0.717) is 13.1 Å². The molecular formula is C16H27N3O2S. The van der Waals surface area contributed by atoms with Crippen molar-refractivity contribution in [3.63, 3.8) is 0 Å². The third kappa shape index (κ3) is 4.51. The zero-order valence-electron chi connectivity index (χ0n) is 14.0. The molecule has 0 unspecified atom stereocenters. The molecule has 1 saturated heterocycles. The first kappa shape index (κ1) is 17.4. The molecular weight excluding hydrogens is 298 g/mol. The third-order valence-corrected chi connectivity index (χ3v) is 5.64. The summed E-state index contributed by atoms with van der Waals surface area (Å²) in [6, 6.07) is 0.200. The monoisotopic (exact) mass is 325 g/mol. The Hall–Kier alpha value is -0.980. The van der Waals surface area contributed by atoms with Gasteiger partial charge in [0.05, 0.1) is 23.4 Å². The van der Waals surface area contributed by atoms with E-state index in [2.05, 4.69) is 29.0 Å². The summed E-state index contributed by atoms with van der Waals surface area (Å²) in [5.41, 5.74) is 1.08. The van der Waals surface area contributed by atoms with Gasteiger partial charge in [0.2, 0.25) is 5.91 Å². The summed E-state index contributed by atoms with van der Waals surface area (Å²) in [7, 11) is 1.99. The lowest BCUT2D eigenvalue weighted by atomic mass is 10.2. The van der Waals surface area contributed by atoms with Crippen molar-refractivity contribution in [1.29, 1.82) is 0 Å². The van der Waals surface area contributed by atoms with E-state index in [-0.39, 0.29) is 18.1 Å². The van der Waals surface area contributed by atoms with E-state index >= 15 is 0 Å². The van der Waals surface area contributed by atoms with Gasteiger partial charge in [-0.05, 0) is 40.2 Å². The van der Waals surface area contributed by atoms with Gasteiger partial charge in [0.25, 0.3) is 0 Å². The number of thiazole rings is 1. The van der Waals surface area contributed by atoms with Crippen LogP contribution >= 0.6 is 11.3 Å². The highest BCUT2D eigenvalue weighted by Gasteiger charge is 2.21. The minimum atomic E-state index is 0.0581. The molecule has 1 aliphatic rings. The predicted octanol–water partition coefficient (Wildman–Crippen LogP) is 2.30. The van der Waals surface area contributed by atoms with Crippen molar-refractivity contribution in [2.24, 2.45) is 0 Å². The Kier molecular flexibility index (Phi) is 6.35. The van der Waals surface area contributed by atoms with Crippen LogP contribution in [0, 0.1) is 6.92 Å². The Balaban J connectivity index is 1.83. The molecule has 1 N–H and O–H groups in total. The lowest BCUT2D eigenvalue weighted by molar-refractivity contribution is -0.122. The zero-order valence-corrected chi connectivity index (χ0v) is 14.8. The number of carbonyl (C=O) groups is 1. The first-order valence-corrected chi connectivity index (χ1v) is 8.87. The number of aryl methyl sites for hydroxylation is 2. The van der Waals surface area contributed by atoms with Crippen LogP contribution in [0.2, 0.25) is 0 Å². The van der Waals surface area contributed by atoms with E-state index < -0.39 is 0 Å². The van der Waals surface area contributed by atoms with E-state index in [1.54, 1.807) is 11.3 Å². The average molecular weight is 325 g/mol. The molecule has 1 fully saturated rings. The maximum Gasteiger partial charge on any atom is 0.234 e. The van der Waals surface area contributed by atoms with E-state index in [1.807, 2.05) is 14.0 Å². The second kappa shape index (κ2) is 8.04. The van der Waals surface area contributed by atoms with Crippen LogP contribution in [0.15, 0.2) is 0 Å². The SMILES string of the molecule is CCc1nc(C)c([C@H](C)N(C)CC(=O)NC[C@H]2CCCO2)s1. The average Bonchev–Trinajstić information content (AvgIpc) is 3.13. The summed E-state index contributed by atoms with van der Waals surface area (Å²) in [5, 5.41) is 4.14. The molecule has 22 heavy (non-hydrogen) atoms. The number of likely N-dealkylation sites (N-methyl/N-ethyl adjacent to an activating group) is 1. The Morgan fingerprint density at radius 1 is 1.59 bits per heavy atom. The summed E-state index contributed by atoms with van der Waals surface area (Å²) < 4.78 is 5.52. The molecule has 2 rings (SSSR count). The summed E-state index contributed by atoms with van der Waals surface area (Å²) in [6.45, 7) is 8.14. The molecule has 0 radical (unpaired) electrons. The topological polar surface area (TPSA) is 54.5 Å². The number of hydrogen-bond donors (Lipinski definition) is 1. The first-order chi connectivity index (χ1) is 10.5. The van der Waals surface area contributed by atoms with Gasteiger partial charge < -0.3 is 10.1 Å². The molecule has 6 heteroatoms. The highest BCUT2D eigenvalue weighted by atomic mass is 32.1. The number of rotatable bonds is 7. The molecule has 0 saturated carbocycles. The quantitative estimate of drug-likeness (QED) is 0.836. The summed E-state index contributed by atoms with van der Waals surface area (Å²) in [5.74, 6) is 0.0581. The van der Waals surface area contributed by atoms with Crippen LogP contribution in [-0.4, -0.2) is 48.6 Å². The van der Waals surface area contributed by atoms with Crippen molar-refractivity contribution in [1.82, 2.24) is 15.2 Å². The number of aromatic nitrogens is 1. The van der Waals surface area contributed by atoms with Gasteiger partial charge in [0.1, 0.15) is 0 Å². The molecule has 124 valence electrons. The van der Waals surface area contributed by atoms with Crippen molar-refractivity contribution >= 4 is 17.2 Å². The Morgan fingerprint density at radius 2 is 2.36 bits per heavy atom. The highest BCUT2D eigenvalue weighted by molar-refractivity contribution is 7.11. The molecule has 1 aromatic rings. The minimum absolute atomic E-state index is 0.0581. The molecule has 2 atom stereocenters. The second-order valence-corrected chi connectivity index (χ2v) is 7.06. The largest absolute Gasteiger partial charge is 0.376 e. The van der Waals surface area contributed by atoms with Gasteiger partial charge in [0, 0.05) is 24.1 Å². The zero-order chi connectivity index (χ0) is 16.1. The van der Waals surface area contributed by atoms with Gasteiger partial charge in [-0.1, -0.05) is 6.92 Å². The molecule has 1 amide bonds. The summed E-state index contributed by atoms with van der Waals surface area (Å²) in [4.78, 5) is 20.0. The van der Waals surface area contributed by atoms with Crippen LogP contribution in [0.25, 0.3) is 0 Å². The molecule has 0 bridgehead atoms. The lowest BCUT2D eigenvalue weighted by Gasteiger charge is -2.23. The number of hydrogen-bond acceptors (Lipinski definition) is 5. The fourth-order valence-electron chi connectivity index (χ4n) is 2.66. The van der Waals surface area contributed by atoms with Crippen LogP contribution in [0.1, 0.15) is 48.3 Å². The van der Waals surface area contributed by atoms with Crippen molar-refractivity contribution < 1.29 is 9.53 Å². The molecule has 5 nitrogen and oxygen atoms in total. The molecule has 1 aromatic heterocycles. The van der Waals surface area contributed by atoms with E-state index in [1.165, 1.54) is 4.88 Å². The van der Waals surface area contributed by atoms with E-state index in [4.69, 9.17) is 4.74 Å². The molecule has 2 heterocycles. The van der Waals surface area contributed by atoms with Crippen LogP contribution < -0.4 is 5.32 Å².